The van der Waals surface area contributed by atoms with E-state index in [4.69, 9.17) is 17.3 Å². The molecule has 16 heavy (non-hydrogen) atoms. The summed E-state index contributed by atoms with van der Waals surface area (Å²) in [5, 5.41) is 0.607. The second-order valence-electron chi connectivity index (χ2n) is 4.31. The van der Waals surface area contributed by atoms with Crippen LogP contribution in [0.5, 0.6) is 0 Å². The molecule has 0 radical (unpaired) electrons. The van der Waals surface area contributed by atoms with Gasteiger partial charge in [0.15, 0.2) is 5.82 Å². The second kappa shape index (κ2) is 4.97. The summed E-state index contributed by atoms with van der Waals surface area (Å²) >= 11 is 6.12. The third-order valence-corrected chi connectivity index (χ3v) is 3.54. The summed E-state index contributed by atoms with van der Waals surface area (Å²) in [6.45, 7) is 3.85. The molecule has 1 saturated heterocycles. The predicted molar refractivity (Wildman–Crippen MR) is 65.6 cm³/mol. The fourth-order valence-corrected chi connectivity index (χ4v) is 2.60. The van der Waals surface area contributed by atoms with Crippen LogP contribution in [0.4, 0.5) is 5.82 Å². The van der Waals surface area contributed by atoms with Crippen molar-refractivity contribution in [2.75, 3.05) is 18.0 Å². The van der Waals surface area contributed by atoms with Gasteiger partial charge in [0.05, 0.1) is 6.20 Å². The van der Waals surface area contributed by atoms with Crippen LogP contribution in [-0.4, -0.2) is 29.1 Å². The number of nitrogens with zero attached hydrogens (tertiary/aromatic N) is 3. The van der Waals surface area contributed by atoms with Crippen LogP contribution < -0.4 is 10.6 Å². The lowest BCUT2D eigenvalue weighted by Gasteiger charge is -2.40. The Morgan fingerprint density at radius 2 is 2.44 bits per heavy atom. The standard InChI is InChI=1S/C11H17ClN4/c1-8-3-2-4-16(10(8)5-13)11-9(12)6-14-7-15-11/h6-8,10H,2-5,13H2,1H3. The van der Waals surface area contributed by atoms with E-state index in [0.29, 0.717) is 23.5 Å². The molecule has 1 aliphatic heterocycles. The van der Waals surface area contributed by atoms with Crippen molar-refractivity contribution in [3.05, 3.63) is 17.5 Å². The molecule has 0 saturated carbocycles. The minimum atomic E-state index is 0.334. The molecule has 5 heteroatoms. The molecule has 0 aromatic carbocycles. The predicted octanol–water partition coefficient (Wildman–Crippen LogP) is 1.69. The average Bonchev–Trinajstić information content (AvgIpc) is 2.29. The number of hydrogen-bond acceptors (Lipinski definition) is 4. The van der Waals surface area contributed by atoms with Gasteiger partial charge in [-0.15, -0.1) is 0 Å². The maximum atomic E-state index is 6.12. The first-order valence-electron chi connectivity index (χ1n) is 5.66. The Bertz CT molecular complexity index is 358. The summed E-state index contributed by atoms with van der Waals surface area (Å²) in [5.41, 5.74) is 5.84. The zero-order valence-electron chi connectivity index (χ0n) is 9.43. The highest BCUT2D eigenvalue weighted by molar-refractivity contribution is 6.32. The summed E-state index contributed by atoms with van der Waals surface area (Å²) < 4.78 is 0. The molecule has 1 fully saturated rings. The highest BCUT2D eigenvalue weighted by Gasteiger charge is 2.29. The van der Waals surface area contributed by atoms with Gasteiger partial charge in [-0.3, -0.25) is 0 Å². The monoisotopic (exact) mass is 240 g/mol. The number of anilines is 1. The number of halogens is 1. The van der Waals surface area contributed by atoms with E-state index in [0.717, 1.165) is 18.8 Å². The minimum Gasteiger partial charge on any atom is -0.351 e. The normalized spacial score (nSPS) is 25.8. The molecule has 1 aromatic heterocycles. The molecule has 2 atom stereocenters. The third kappa shape index (κ3) is 2.13. The van der Waals surface area contributed by atoms with Crippen LogP contribution >= 0.6 is 11.6 Å². The van der Waals surface area contributed by atoms with Crippen molar-refractivity contribution in [2.45, 2.75) is 25.8 Å². The van der Waals surface area contributed by atoms with E-state index in [1.54, 1.807) is 6.20 Å². The van der Waals surface area contributed by atoms with Gasteiger partial charge in [0.2, 0.25) is 0 Å². The summed E-state index contributed by atoms with van der Waals surface area (Å²) in [6.07, 6.45) is 5.56. The average molecular weight is 241 g/mol. The molecule has 2 N–H and O–H groups in total. The molecule has 88 valence electrons. The molecule has 0 amide bonds. The largest absolute Gasteiger partial charge is 0.351 e. The van der Waals surface area contributed by atoms with Crippen LogP contribution in [0.3, 0.4) is 0 Å². The van der Waals surface area contributed by atoms with Crippen molar-refractivity contribution in [2.24, 2.45) is 11.7 Å². The van der Waals surface area contributed by atoms with Crippen LogP contribution in [-0.2, 0) is 0 Å². The molecule has 1 aromatic rings. The van der Waals surface area contributed by atoms with Crippen molar-refractivity contribution in [3.8, 4) is 0 Å². The smallest absolute Gasteiger partial charge is 0.151 e. The van der Waals surface area contributed by atoms with E-state index < -0.39 is 0 Å². The summed E-state index contributed by atoms with van der Waals surface area (Å²) in [4.78, 5) is 10.4. The van der Waals surface area contributed by atoms with Crippen molar-refractivity contribution in [1.82, 2.24) is 9.97 Å². The van der Waals surface area contributed by atoms with Gasteiger partial charge in [0, 0.05) is 19.1 Å². The van der Waals surface area contributed by atoms with Crippen molar-refractivity contribution >= 4 is 17.4 Å². The molecule has 4 nitrogen and oxygen atoms in total. The van der Waals surface area contributed by atoms with Crippen molar-refractivity contribution in [3.63, 3.8) is 0 Å². The zero-order chi connectivity index (χ0) is 11.5. The maximum absolute atomic E-state index is 6.12. The Labute approximate surface area is 101 Å². The van der Waals surface area contributed by atoms with Crippen molar-refractivity contribution < 1.29 is 0 Å². The van der Waals surface area contributed by atoms with Crippen molar-refractivity contribution in [1.29, 1.82) is 0 Å². The van der Waals surface area contributed by atoms with Crippen LogP contribution in [0, 0.1) is 5.92 Å². The Hall–Kier alpha value is -0.870. The minimum absolute atomic E-state index is 0.334. The van der Waals surface area contributed by atoms with E-state index in [2.05, 4.69) is 21.8 Å². The Morgan fingerprint density at radius 3 is 3.12 bits per heavy atom. The quantitative estimate of drug-likeness (QED) is 0.855. The summed E-state index contributed by atoms with van der Waals surface area (Å²) in [6, 6.07) is 0.334. The molecular weight excluding hydrogens is 224 g/mol. The lowest BCUT2D eigenvalue weighted by atomic mass is 9.91. The second-order valence-corrected chi connectivity index (χ2v) is 4.72. The lowest BCUT2D eigenvalue weighted by Crippen LogP contribution is -2.49. The first kappa shape index (κ1) is 11.6. The molecule has 0 aliphatic carbocycles. The van der Waals surface area contributed by atoms with Gasteiger partial charge < -0.3 is 10.6 Å². The number of hydrogen-bond donors (Lipinski definition) is 1. The Kier molecular flexibility index (Phi) is 3.61. The number of aromatic nitrogens is 2. The Morgan fingerprint density at radius 1 is 1.62 bits per heavy atom. The van der Waals surface area contributed by atoms with Crippen LogP contribution in [0.25, 0.3) is 0 Å². The van der Waals surface area contributed by atoms with Crippen LogP contribution in [0.15, 0.2) is 12.5 Å². The van der Waals surface area contributed by atoms with Crippen LogP contribution in [0.2, 0.25) is 5.02 Å². The van der Waals surface area contributed by atoms with Gasteiger partial charge in [-0.25, -0.2) is 9.97 Å². The van der Waals surface area contributed by atoms with E-state index in [1.165, 1.54) is 12.7 Å². The van der Waals surface area contributed by atoms with Crippen LogP contribution in [0.1, 0.15) is 19.8 Å². The van der Waals surface area contributed by atoms with Gasteiger partial charge in [-0.05, 0) is 18.8 Å². The molecule has 0 spiro atoms. The molecular formula is C11H17ClN4. The van der Waals surface area contributed by atoms with E-state index >= 15 is 0 Å². The summed E-state index contributed by atoms with van der Waals surface area (Å²) in [5.74, 6) is 1.41. The Balaban J connectivity index is 2.28. The SMILES string of the molecule is CC1CCCN(c2ncncc2Cl)C1CN. The molecule has 0 bridgehead atoms. The van der Waals surface area contributed by atoms with E-state index in [-0.39, 0.29) is 0 Å². The third-order valence-electron chi connectivity index (χ3n) is 3.28. The topological polar surface area (TPSA) is 55.0 Å². The summed E-state index contributed by atoms with van der Waals surface area (Å²) in [7, 11) is 0. The zero-order valence-corrected chi connectivity index (χ0v) is 10.2. The maximum Gasteiger partial charge on any atom is 0.151 e. The highest BCUT2D eigenvalue weighted by Crippen LogP contribution is 2.30. The molecule has 2 heterocycles. The van der Waals surface area contributed by atoms with Gasteiger partial charge in [0.1, 0.15) is 11.3 Å². The van der Waals surface area contributed by atoms with Gasteiger partial charge in [-0.2, -0.15) is 0 Å². The lowest BCUT2D eigenvalue weighted by molar-refractivity contribution is 0.348. The van der Waals surface area contributed by atoms with Gasteiger partial charge >= 0.3 is 0 Å². The number of piperidine rings is 1. The van der Waals surface area contributed by atoms with Gasteiger partial charge in [-0.1, -0.05) is 18.5 Å². The van der Waals surface area contributed by atoms with E-state index in [1.807, 2.05) is 0 Å². The number of rotatable bonds is 2. The highest BCUT2D eigenvalue weighted by atomic mass is 35.5. The molecule has 2 rings (SSSR count). The van der Waals surface area contributed by atoms with Gasteiger partial charge in [0.25, 0.3) is 0 Å². The number of nitrogens with two attached hydrogens (primary N) is 1. The fourth-order valence-electron chi connectivity index (χ4n) is 2.39. The first-order chi connectivity index (χ1) is 7.74. The first-order valence-corrected chi connectivity index (χ1v) is 6.04. The molecule has 1 aliphatic rings. The molecule has 2 unspecified atom stereocenters. The van der Waals surface area contributed by atoms with E-state index in [9.17, 15) is 0 Å². The fraction of sp³-hybridized carbons (Fsp3) is 0.636.